The number of fused-ring (bicyclic) bond motifs is 1. The summed E-state index contributed by atoms with van der Waals surface area (Å²) in [5, 5.41) is 14.5. The fraction of sp³-hybridized carbons (Fsp3) is 0.154. The molecule has 0 radical (unpaired) electrons. The van der Waals surface area contributed by atoms with Gasteiger partial charge in [0.15, 0.2) is 5.69 Å². The van der Waals surface area contributed by atoms with Crippen molar-refractivity contribution in [2.24, 2.45) is 7.05 Å². The average molecular weight is 255 g/mol. The van der Waals surface area contributed by atoms with E-state index in [-0.39, 0.29) is 5.91 Å². The number of amides is 1. The number of rotatable bonds is 2. The number of carbonyl (C=O) groups excluding carboxylic acids is 1. The minimum Gasteiger partial charge on any atom is -0.318 e. The Balaban J connectivity index is 1.95. The number of nitrogens with zero attached hydrogens (tertiary/aromatic N) is 3. The summed E-state index contributed by atoms with van der Waals surface area (Å²) in [6.45, 7) is 1.98. The molecule has 0 aliphatic carbocycles. The lowest BCUT2D eigenvalue weighted by atomic mass is 10.1. The quantitative estimate of drug-likeness (QED) is 0.733. The lowest BCUT2D eigenvalue weighted by molar-refractivity contribution is 0.102. The molecule has 19 heavy (non-hydrogen) atoms. The molecule has 2 heterocycles. The van der Waals surface area contributed by atoms with E-state index in [0.29, 0.717) is 11.4 Å². The number of anilines is 1. The highest BCUT2D eigenvalue weighted by Crippen LogP contribution is 2.18. The van der Waals surface area contributed by atoms with Gasteiger partial charge in [0.05, 0.1) is 17.4 Å². The highest BCUT2D eigenvalue weighted by Gasteiger charge is 2.14. The predicted octanol–water partition coefficient (Wildman–Crippen LogP) is 1.86. The van der Waals surface area contributed by atoms with Crippen LogP contribution in [0.25, 0.3) is 10.9 Å². The first-order valence-electron chi connectivity index (χ1n) is 5.88. The van der Waals surface area contributed by atoms with Crippen LogP contribution < -0.4 is 5.32 Å². The van der Waals surface area contributed by atoms with Crippen LogP contribution >= 0.6 is 0 Å². The van der Waals surface area contributed by atoms with E-state index in [1.165, 1.54) is 0 Å². The van der Waals surface area contributed by atoms with Crippen LogP contribution in [0.4, 0.5) is 5.69 Å². The van der Waals surface area contributed by atoms with Crippen molar-refractivity contribution in [3.05, 3.63) is 41.9 Å². The third-order valence-corrected chi connectivity index (χ3v) is 2.90. The molecule has 0 bridgehead atoms. The summed E-state index contributed by atoms with van der Waals surface area (Å²) in [4.78, 5) is 12.2. The molecule has 3 rings (SSSR count). The van der Waals surface area contributed by atoms with E-state index in [1.807, 2.05) is 25.1 Å². The smallest absolute Gasteiger partial charge is 0.276 e. The van der Waals surface area contributed by atoms with E-state index in [2.05, 4.69) is 20.6 Å². The molecule has 2 aromatic heterocycles. The van der Waals surface area contributed by atoms with Gasteiger partial charge in [0.2, 0.25) is 0 Å². The van der Waals surface area contributed by atoms with Gasteiger partial charge in [-0.25, -0.2) is 0 Å². The SMILES string of the molecule is Cc1ccc2[nH]nc(C(=O)Nc3cnn(C)c3)c2c1. The standard InChI is InChI=1S/C13H13N5O/c1-8-3-4-11-10(5-8)12(17-16-11)13(19)15-9-6-14-18(2)7-9/h3-7H,1-2H3,(H,15,19)(H,16,17). The van der Waals surface area contributed by atoms with E-state index >= 15 is 0 Å². The van der Waals surface area contributed by atoms with Crippen LogP contribution in [0.3, 0.4) is 0 Å². The number of aromatic nitrogens is 4. The van der Waals surface area contributed by atoms with Crippen LogP contribution in [-0.2, 0) is 7.05 Å². The molecule has 0 spiro atoms. The zero-order chi connectivity index (χ0) is 13.4. The average Bonchev–Trinajstić information content (AvgIpc) is 2.95. The molecule has 96 valence electrons. The van der Waals surface area contributed by atoms with Crippen molar-refractivity contribution in [3.63, 3.8) is 0 Å². The fourth-order valence-electron chi connectivity index (χ4n) is 1.98. The van der Waals surface area contributed by atoms with Crippen molar-refractivity contribution in [2.45, 2.75) is 6.92 Å². The van der Waals surface area contributed by atoms with Gasteiger partial charge in [-0.1, -0.05) is 11.6 Å². The molecule has 0 unspecified atom stereocenters. The van der Waals surface area contributed by atoms with E-state index in [0.717, 1.165) is 16.5 Å². The molecule has 0 saturated carbocycles. The van der Waals surface area contributed by atoms with Crippen LogP contribution in [0, 0.1) is 6.92 Å². The third-order valence-electron chi connectivity index (χ3n) is 2.90. The van der Waals surface area contributed by atoms with Crippen molar-refractivity contribution < 1.29 is 4.79 Å². The minimum absolute atomic E-state index is 0.246. The van der Waals surface area contributed by atoms with Crippen molar-refractivity contribution in [1.29, 1.82) is 0 Å². The number of aryl methyl sites for hydroxylation is 2. The maximum absolute atomic E-state index is 12.2. The van der Waals surface area contributed by atoms with Gasteiger partial charge < -0.3 is 5.32 Å². The maximum atomic E-state index is 12.2. The zero-order valence-electron chi connectivity index (χ0n) is 10.6. The van der Waals surface area contributed by atoms with Gasteiger partial charge in [0.1, 0.15) is 0 Å². The first kappa shape index (κ1) is 11.5. The van der Waals surface area contributed by atoms with Crippen molar-refractivity contribution in [3.8, 4) is 0 Å². The first-order valence-corrected chi connectivity index (χ1v) is 5.88. The van der Waals surface area contributed by atoms with Crippen molar-refractivity contribution in [1.82, 2.24) is 20.0 Å². The van der Waals surface area contributed by atoms with Crippen LogP contribution in [0.1, 0.15) is 16.1 Å². The molecule has 1 amide bonds. The summed E-state index contributed by atoms with van der Waals surface area (Å²) in [7, 11) is 1.79. The number of hydrogen-bond acceptors (Lipinski definition) is 3. The second kappa shape index (κ2) is 4.24. The number of benzene rings is 1. The second-order valence-corrected chi connectivity index (χ2v) is 4.48. The van der Waals surface area contributed by atoms with Crippen molar-refractivity contribution >= 4 is 22.5 Å². The Hall–Kier alpha value is -2.63. The number of aromatic amines is 1. The molecule has 1 aromatic carbocycles. The van der Waals surface area contributed by atoms with E-state index < -0.39 is 0 Å². The van der Waals surface area contributed by atoms with Crippen LogP contribution in [0.15, 0.2) is 30.6 Å². The largest absolute Gasteiger partial charge is 0.318 e. The highest BCUT2D eigenvalue weighted by molar-refractivity contribution is 6.11. The van der Waals surface area contributed by atoms with Crippen molar-refractivity contribution in [2.75, 3.05) is 5.32 Å². The number of nitrogens with one attached hydrogen (secondary N) is 2. The molecule has 6 heteroatoms. The molecule has 0 aliphatic heterocycles. The zero-order valence-corrected chi connectivity index (χ0v) is 10.6. The normalized spacial score (nSPS) is 10.8. The lowest BCUT2D eigenvalue weighted by Gasteiger charge is -1.99. The van der Waals surface area contributed by atoms with E-state index in [1.54, 1.807) is 24.1 Å². The lowest BCUT2D eigenvalue weighted by Crippen LogP contribution is -2.12. The summed E-state index contributed by atoms with van der Waals surface area (Å²) in [6.07, 6.45) is 3.33. The van der Waals surface area contributed by atoms with E-state index in [4.69, 9.17) is 0 Å². The van der Waals surface area contributed by atoms with Crippen LogP contribution in [-0.4, -0.2) is 25.9 Å². The molecule has 0 aliphatic rings. The molecule has 0 fully saturated rings. The van der Waals surface area contributed by atoms with Gasteiger partial charge in [-0.3, -0.25) is 14.6 Å². The molecule has 6 nitrogen and oxygen atoms in total. The Morgan fingerprint density at radius 2 is 2.26 bits per heavy atom. The molecule has 3 aromatic rings. The summed E-state index contributed by atoms with van der Waals surface area (Å²) in [6, 6.07) is 5.83. The van der Waals surface area contributed by atoms with Gasteiger partial charge in [-0.05, 0) is 19.1 Å². The van der Waals surface area contributed by atoms with Gasteiger partial charge in [0.25, 0.3) is 5.91 Å². The van der Waals surface area contributed by atoms with Gasteiger partial charge >= 0.3 is 0 Å². The minimum atomic E-state index is -0.246. The van der Waals surface area contributed by atoms with Gasteiger partial charge in [0, 0.05) is 18.6 Å². The molecule has 0 atom stereocenters. The molecular weight excluding hydrogens is 242 g/mol. The predicted molar refractivity (Wildman–Crippen MR) is 72.0 cm³/mol. The Bertz CT molecular complexity index is 755. The number of H-pyrrole nitrogens is 1. The number of hydrogen-bond donors (Lipinski definition) is 2. The summed E-state index contributed by atoms with van der Waals surface area (Å²) < 4.78 is 1.63. The Morgan fingerprint density at radius 3 is 3.00 bits per heavy atom. The third kappa shape index (κ3) is 2.08. The summed E-state index contributed by atoms with van der Waals surface area (Å²) >= 11 is 0. The van der Waals surface area contributed by atoms with Gasteiger partial charge in [-0.15, -0.1) is 0 Å². The fourth-order valence-corrected chi connectivity index (χ4v) is 1.98. The Kier molecular flexibility index (Phi) is 2.56. The summed E-state index contributed by atoms with van der Waals surface area (Å²) in [5.41, 5.74) is 2.98. The highest BCUT2D eigenvalue weighted by atomic mass is 16.1. The summed E-state index contributed by atoms with van der Waals surface area (Å²) in [5.74, 6) is -0.246. The van der Waals surface area contributed by atoms with E-state index in [9.17, 15) is 4.79 Å². The van der Waals surface area contributed by atoms with Crippen LogP contribution in [0.2, 0.25) is 0 Å². The monoisotopic (exact) mass is 255 g/mol. The van der Waals surface area contributed by atoms with Crippen LogP contribution in [0.5, 0.6) is 0 Å². The maximum Gasteiger partial charge on any atom is 0.276 e. The Morgan fingerprint density at radius 1 is 1.42 bits per heavy atom. The second-order valence-electron chi connectivity index (χ2n) is 4.48. The first-order chi connectivity index (χ1) is 9.13. The van der Waals surface area contributed by atoms with Gasteiger partial charge in [-0.2, -0.15) is 10.2 Å². The number of carbonyl (C=O) groups is 1. The topological polar surface area (TPSA) is 75.6 Å². The Labute approximate surface area is 109 Å². The molecule has 2 N–H and O–H groups in total. The molecule has 0 saturated heterocycles. The molecular formula is C13H13N5O.